The number of rotatable bonds is 0. The number of ether oxygens (including phenoxy) is 1. The van der Waals surface area contributed by atoms with E-state index >= 15 is 0 Å². The number of nitriles is 1. The first-order chi connectivity index (χ1) is 5.83. The summed E-state index contributed by atoms with van der Waals surface area (Å²) in [4.78, 5) is 0. The average molecular weight is 180 g/mol. The van der Waals surface area contributed by atoms with Gasteiger partial charge in [-0.05, 0) is 12.1 Å². The molecule has 60 valence electrons. The molecule has 1 aromatic rings. The molecule has 1 aliphatic heterocycles. The third-order valence-electron chi connectivity index (χ3n) is 1.94. The third kappa shape index (κ3) is 0.945. The molecule has 0 bridgehead atoms. The molecule has 2 rings (SSSR count). The van der Waals surface area contributed by atoms with Crippen molar-refractivity contribution in [3.05, 3.63) is 28.3 Å². The Morgan fingerprint density at radius 1 is 1.50 bits per heavy atom. The summed E-state index contributed by atoms with van der Waals surface area (Å²) in [6.45, 7) is 0.657. The second kappa shape index (κ2) is 2.69. The Bertz CT molecular complexity index is 368. The van der Waals surface area contributed by atoms with Gasteiger partial charge >= 0.3 is 0 Å². The lowest BCUT2D eigenvalue weighted by atomic mass is 10.1. The van der Waals surface area contributed by atoms with Gasteiger partial charge in [-0.25, -0.2) is 0 Å². The Hall–Kier alpha value is -1.20. The third-order valence-corrected chi connectivity index (χ3v) is 2.26. The van der Waals surface area contributed by atoms with Crippen molar-refractivity contribution in [2.24, 2.45) is 0 Å². The molecule has 0 aromatic heterocycles. The lowest BCUT2D eigenvalue weighted by molar-refractivity contribution is 0.357. The summed E-state index contributed by atoms with van der Waals surface area (Å²) >= 11 is 5.83. The zero-order valence-corrected chi connectivity index (χ0v) is 7.06. The van der Waals surface area contributed by atoms with Crippen LogP contribution in [0.5, 0.6) is 5.75 Å². The molecule has 2 nitrogen and oxygen atoms in total. The monoisotopic (exact) mass is 179 g/mol. The molecule has 12 heavy (non-hydrogen) atoms. The van der Waals surface area contributed by atoms with Crippen LogP contribution in [0.3, 0.4) is 0 Å². The van der Waals surface area contributed by atoms with E-state index in [0.717, 1.165) is 17.7 Å². The lowest BCUT2D eigenvalue weighted by Gasteiger charge is -2.00. The quantitative estimate of drug-likeness (QED) is 0.612. The fourth-order valence-electron chi connectivity index (χ4n) is 1.37. The van der Waals surface area contributed by atoms with Crippen molar-refractivity contribution >= 4 is 11.6 Å². The number of halogens is 1. The minimum absolute atomic E-state index is 0.516. The van der Waals surface area contributed by atoms with Gasteiger partial charge in [-0.15, -0.1) is 0 Å². The van der Waals surface area contributed by atoms with Crippen LogP contribution < -0.4 is 4.74 Å². The van der Waals surface area contributed by atoms with Crippen molar-refractivity contribution in [1.82, 2.24) is 0 Å². The van der Waals surface area contributed by atoms with Crippen LogP contribution in [0.1, 0.15) is 11.1 Å². The standard InChI is InChI=1S/C9H6ClNO/c10-8-1-2-9-6(3-4-12-9)7(8)5-11/h1-2H,3-4H2. The molecule has 0 amide bonds. The molecule has 3 heteroatoms. The van der Waals surface area contributed by atoms with Crippen molar-refractivity contribution < 1.29 is 4.74 Å². The summed E-state index contributed by atoms with van der Waals surface area (Å²) in [7, 11) is 0. The molecule has 0 saturated carbocycles. The number of hydrogen-bond acceptors (Lipinski definition) is 2. The Balaban J connectivity index is 2.67. The van der Waals surface area contributed by atoms with Crippen molar-refractivity contribution in [2.75, 3.05) is 6.61 Å². The summed E-state index contributed by atoms with van der Waals surface area (Å²) in [5, 5.41) is 9.31. The number of fused-ring (bicyclic) bond motifs is 1. The van der Waals surface area contributed by atoms with E-state index in [9.17, 15) is 0 Å². The van der Waals surface area contributed by atoms with E-state index in [1.807, 2.05) is 6.07 Å². The van der Waals surface area contributed by atoms with Gasteiger partial charge in [-0.3, -0.25) is 0 Å². The zero-order chi connectivity index (χ0) is 8.55. The number of hydrogen-bond donors (Lipinski definition) is 0. The molecule has 0 aliphatic carbocycles. The second-order valence-corrected chi connectivity index (χ2v) is 3.02. The van der Waals surface area contributed by atoms with Gasteiger partial charge in [-0.1, -0.05) is 11.6 Å². The molecular weight excluding hydrogens is 174 g/mol. The molecule has 0 unspecified atom stereocenters. The van der Waals surface area contributed by atoms with Crippen LogP contribution in [0.2, 0.25) is 5.02 Å². The summed E-state index contributed by atoms with van der Waals surface area (Å²) in [6, 6.07) is 5.59. The fourth-order valence-corrected chi connectivity index (χ4v) is 1.59. The predicted octanol–water partition coefficient (Wildman–Crippen LogP) is 2.15. The summed E-state index contributed by atoms with van der Waals surface area (Å²) < 4.78 is 5.29. The highest BCUT2D eigenvalue weighted by Crippen LogP contribution is 2.32. The molecule has 0 fully saturated rings. The number of nitrogens with zero attached hydrogens (tertiary/aromatic N) is 1. The predicted molar refractivity (Wildman–Crippen MR) is 45.4 cm³/mol. The van der Waals surface area contributed by atoms with E-state index in [1.54, 1.807) is 6.07 Å². The average Bonchev–Trinajstić information content (AvgIpc) is 2.52. The van der Waals surface area contributed by atoms with Crippen LogP contribution in [-0.4, -0.2) is 6.61 Å². The van der Waals surface area contributed by atoms with Gasteiger partial charge in [0, 0.05) is 12.0 Å². The molecule has 0 radical (unpaired) electrons. The van der Waals surface area contributed by atoms with Crippen molar-refractivity contribution in [3.63, 3.8) is 0 Å². The van der Waals surface area contributed by atoms with Gasteiger partial charge in [0.25, 0.3) is 0 Å². The normalized spacial score (nSPS) is 13.3. The smallest absolute Gasteiger partial charge is 0.124 e. The van der Waals surface area contributed by atoms with Crippen molar-refractivity contribution in [3.8, 4) is 11.8 Å². The first-order valence-electron chi connectivity index (χ1n) is 3.67. The molecule has 1 heterocycles. The maximum absolute atomic E-state index is 8.79. The Labute approximate surface area is 75.3 Å². The van der Waals surface area contributed by atoms with Gasteiger partial charge in [0.05, 0.1) is 17.2 Å². The fraction of sp³-hybridized carbons (Fsp3) is 0.222. The van der Waals surface area contributed by atoms with Crippen LogP contribution in [0.4, 0.5) is 0 Å². The van der Waals surface area contributed by atoms with Gasteiger partial charge in [0.15, 0.2) is 0 Å². The van der Waals surface area contributed by atoms with E-state index in [4.69, 9.17) is 21.6 Å². The molecule has 0 saturated heterocycles. The van der Waals surface area contributed by atoms with Gasteiger partial charge in [-0.2, -0.15) is 5.26 Å². The first-order valence-corrected chi connectivity index (χ1v) is 4.05. The molecule has 1 aliphatic rings. The van der Waals surface area contributed by atoms with Gasteiger partial charge in [0.1, 0.15) is 11.8 Å². The highest BCUT2D eigenvalue weighted by atomic mass is 35.5. The zero-order valence-electron chi connectivity index (χ0n) is 6.30. The van der Waals surface area contributed by atoms with Crippen molar-refractivity contribution in [2.45, 2.75) is 6.42 Å². The van der Waals surface area contributed by atoms with E-state index in [2.05, 4.69) is 6.07 Å². The molecule has 0 spiro atoms. The second-order valence-electron chi connectivity index (χ2n) is 2.61. The first kappa shape index (κ1) is 7.45. The maximum Gasteiger partial charge on any atom is 0.124 e. The topological polar surface area (TPSA) is 33.0 Å². The summed E-state index contributed by atoms with van der Waals surface area (Å²) in [5.74, 6) is 0.802. The Morgan fingerprint density at radius 3 is 3.08 bits per heavy atom. The molecule has 0 atom stereocenters. The SMILES string of the molecule is N#Cc1c(Cl)ccc2c1CCO2. The van der Waals surface area contributed by atoms with Crippen LogP contribution in [0, 0.1) is 11.3 Å². The molecule has 1 aromatic carbocycles. The summed E-state index contributed by atoms with van der Waals surface area (Å²) in [6.07, 6.45) is 0.790. The number of benzene rings is 1. The lowest BCUT2D eigenvalue weighted by Crippen LogP contribution is -1.87. The van der Waals surface area contributed by atoms with Crippen molar-refractivity contribution in [1.29, 1.82) is 5.26 Å². The van der Waals surface area contributed by atoms with Gasteiger partial charge in [0.2, 0.25) is 0 Å². The molecule has 0 N–H and O–H groups in total. The minimum Gasteiger partial charge on any atom is -0.493 e. The van der Waals surface area contributed by atoms with Crippen LogP contribution in [-0.2, 0) is 6.42 Å². The largest absolute Gasteiger partial charge is 0.493 e. The highest BCUT2D eigenvalue weighted by Gasteiger charge is 2.17. The summed E-state index contributed by atoms with van der Waals surface area (Å²) in [5.41, 5.74) is 1.51. The van der Waals surface area contributed by atoms with Crippen LogP contribution in [0.25, 0.3) is 0 Å². The van der Waals surface area contributed by atoms with E-state index in [-0.39, 0.29) is 0 Å². The van der Waals surface area contributed by atoms with E-state index in [1.165, 1.54) is 0 Å². The van der Waals surface area contributed by atoms with Crippen LogP contribution in [0.15, 0.2) is 12.1 Å². The minimum atomic E-state index is 0.516. The van der Waals surface area contributed by atoms with Gasteiger partial charge < -0.3 is 4.74 Å². The van der Waals surface area contributed by atoms with E-state index in [0.29, 0.717) is 17.2 Å². The Kier molecular flexibility index (Phi) is 1.67. The van der Waals surface area contributed by atoms with E-state index < -0.39 is 0 Å². The maximum atomic E-state index is 8.79. The molecular formula is C9H6ClNO. The Morgan fingerprint density at radius 2 is 2.33 bits per heavy atom. The highest BCUT2D eigenvalue weighted by molar-refractivity contribution is 6.31. The van der Waals surface area contributed by atoms with Crippen LogP contribution >= 0.6 is 11.6 Å².